The fourth-order valence-corrected chi connectivity index (χ4v) is 1.44. The van der Waals surface area contributed by atoms with Crippen LogP contribution in [0.2, 0.25) is 0 Å². The molecule has 0 bridgehead atoms. The molecule has 0 heterocycles. The van der Waals surface area contributed by atoms with Crippen molar-refractivity contribution in [2.24, 2.45) is 5.92 Å². The second-order valence-corrected chi connectivity index (χ2v) is 4.87. The van der Waals surface area contributed by atoms with Gasteiger partial charge in [-0.15, -0.1) is 0 Å². The average molecular weight is 257 g/mol. The maximum atomic E-state index is 3.88. The van der Waals surface area contributed by atoms with Crippen LogP contribution >= 0.6 is 15.9 Å². The van der Waals surface area contributed by atoms with E-state index < -0.39 is 0 Å². The van der Waals surface area contributed by atoms with Crippen molar-refractivity contribution in [3.8, 4) is 0 Å². The van der Waals surface area contributed by atoms with E-state index >= 15 is 0 Å². The van der Waals surface area contributed by atoms with Crippen LogP contribution in [0.5, 0.6) is 0 Å². The fourth-order valence-electron chi connectivity index (χ4n) is 1.13. The lowest BCUT2D eigenvalue weighted by Crippen LogP contribution is -1.94. The van der Waals surface area contributed by atoms with E-state index in [1.807, 2.05) is 0 Å². The van der Waals surface area contributed by atoms with E-state index in [0.29, 0.717) is 5.92 Å². The van der Waals surface area contributed by atoms with Crippen molar-refractivity contribution in [1.29, 1.82) is 0 Å². The summed E-state index contributed by atoms with van der Waals surface area (Å²) in [5.74, 6) is 0.668. The van der Waals surface area contributed by atoms with E-state index in [9.17, 15) is 0 Å². The van der Waals surface area contributed by atoms with Gasteiger partial charge in [-0.25, -0.2) is 0 Å². The standard InChI is InChI=1S/C13H21Br/c1-7-9(2)10(3)8-11(4)12(5)13(6)14/h8-9H,6-7H2,1-5H3/b10-8+,12-11-. The molecule has 0 aromatic rings. The van der Waals surface area contributed by atoms with Crippen molar-refractivity contribution in [1.82, 2.24) is 0 Å². The predicted octanol–water partition coefficient (Wildman–Crippen LogP) is 5.22. The monoisotopic (exact) mass is 256 g/mol. The van der Waals surface area contributed by atoms with E-state index in [4.69, 9.17) is 0 Å². The number of halogens is 1. The Labute approximate surface area is 96.9 Å². The number of allylic oxidation sites excluding steroid dienone is 5. The SMILES string of the molecule is C=C(Br)/C(C)=C(C)\C=C(/C)C(C)CC. The van der Waals surface area contributed by atoms with Gasteiger partial charge in [0.25, 0.3) is 0 Å². The van der Waals surface area contributed by atoms with Crippen LogP contribution in [0.15, 0.2) is 33.9 Å². The number of hydrogen-bond acceptors (Lipinski definition) is 0. The van der Waals surface area contributed by atoms with Gasteiger partial charge in [0.05, 0.1) is 0 Å². The number of rotatable bonds is 4. The fraction of sp³-hybridized carbons (Fsp3) is 0.538. The van der Waals surface area contributed by atoms with E-state index in [1.54, 1.807) is 0 Å². The molecule has 0 N–H and O–H groups in total. The van der Waals surface area contributed by atoms with Crippen molar-refractivity contribution in [2.45, 2.75) is 41.0 Å². The highest BCUT2D eigenvalue weighted by atomic mass is 79.9. The smallest absolute Gasteiger partial charge is 0.0135 e. The molecule has 1 heteroatoms. The third-order valence-electron chi connectivity index (χ3n) is 2.83. The van der Waals surface area contributed by atoms with Crippen LogP contribution < -0.4 is 0 Å². The van der Waals surface area contributed by atoms with E-state index in [1.165, 1.54) is 23.1 Å². The molecular formula is C13H21Br. The lowest BCUT2D eigenvalue weighted by Gasteiger charge is -2.10. The number of hydrogen-bond donors (Lipinski definition) is 0. The Morgan fingerprint density at radius 1 is 1.36 bits per heavy atom. The zero-order valence-corrected chi connectivity index (χ0v) is 11.5. The third kappa shape index (κ3) is 4.28. The normalized spacial score (nSPS) is 16.3. The second kappa shape index (κ2) is 6.23. The molecule has 1 atom stereocenters. The zero-order valence-electron chi connectivity index (χ0n) is 9.95. The molecule has 0 fully saturated rings. The molecule has 0 saturated carbocycles. The minimum absolute atomic E-state index is 0.668. The molecule has 14 heavy (non-hydrogen) atoms. The minimum atomic E-state index is 0.668. The molecule has 0 aliphatic carbocycles. The average Bonchev–Trinajstić information content (AvgIpc) is 2.14. The molecule has 0 aromatic carbocycles. The third-order valence-corrected chi connectivity index (χ3v) is 3.43. The summed E-state index contributed by atoms with van der Waals surface area (Å²) in [4.78, 5) is 0. The molecule has 0 rings (SSSR count). The summed E-state index contributed by atoms with van der Waals surface area (Å²) in [6, 6.07) is 0. The predicted molar refractivity (Wildman–Crippen MR) is 69.7 cm³/mol. The minimum Gasteiger partial charge on any atom is -0.0845 e. The van der Waals surface area contributed by atoms with Crippen LogP contribution in [0, 0.1) is 5.92 Å². The van der Waals surface area contributed by atoms with Gasteiger partial charge in [-0.1, -0.05) is 48.0 Å². The highest BCUT2D eigenvalue weighted by Crippen LogP contribution is 2.22. The molecule has 0 aliphatic heterocycles. The zero-order chi connectivity index (χ0) is 11.3. The Morgan fingerprint density at radius 3 is 2.21 bits per heavy atom. The summed E-state index contributed by atoms with van der Waals surface area (Å²) in [6.45, 7) is 14.8. The molecule has 80 valence electrons. The summed E-state index contributed by atoms with van der Waals surface area (Å²) < 4.78 is 0.975. The Bertz CT molecular complexity index is 269. The van der Waals surface area contributed by atoms with Gasteiger partial charge in [-0.05, 0) is 44.3 Å². The lowest BCUT2D eigenvalue weighted by molar-refractivity contribution is 0.655. The van der Waals surface area contributed by atoms with Gasteiger partial charge in [-0.2, -0.15) is 0 Å². The van der Waals surface area contributed by atoms with Crippen LogP contribution in [0.25, 0.3) is 0 Å². The van der Waals surface area contributed by atoms with E-state index in [0.717, 1.165) is 4.48 Å². The molecule has 0 aliphatic rings. The summed E-state index contributed by atoms with van der Waals surface area (Å²) in [7, 11) is 0. The Kier molecular flexibility index (Phi) is 6.10. The largest absolute Gasteiger partial charge is 0.0845 e. The highest BCUT2D eigenvalue weighted by molar-refractivity contribution is 9.11. The van der Waals surface area contributed by atoms with Crippen LogP contribution in [0.4, 0.5) is 0 Å². The van der Waals surface area contributed by atoms with Crippen LogP contribution in [0.3, 0.4) is 0 Å². The first-order valence-corrected chi connectivity index (χ1v) is 5.89. The van der Waals surface area contributed by atoms with Crippen LogP contribution in [0.1, 0.15) is 41.0 Å². The van der Waals surface area contributed by atoms with Gasteiger partial charge >= 0.3 is 0 Å². The first kappa shape index (κ1) is 13.7. The van der Waals surface area contributed by atoms with E-state index in [-0.39, 0.29) is 0 Å². The Balaban J connectivity index is 4.81. The maximum absolute atomic E-state index is 3.88. The molecule has 1 unspecified atom stereocenters. The van der Waals surface area contributed by atoms with Gasteiger partial charge in [-0.3, -0.25) is 0 Å². The van der Waals surface area contributed by atoms with Crippen LogP contribution in [-0.4, -0.2) is 0 Å². The molecule has 0 saturated heterocycles. The van der Waals surface area contributed by atoms with Crippen molar-refractivity contribution in [3.05, 3.63) is 33.9 Å². The summed E-state index contributed by atoms with van der Waals surface area (Å²) >= 11 is 3.40. The quantitative estimate of drug-likeness (QED) is 0.605. The maximum Gasteiger partial charge on any atom is 0.0135 e. The lowest BCUT2D eigenvalue weighted by atomic mass is 9.97. The van der Waals surface area contributed by atoms with Crippen molar-refractivity contribution in [2.75, 3.05) is 0 Å². The Morgan fingerprint density at radius 2 is 1.86 bits per heavy atom. The molecular weight excluding hydrogens is 236 g/mol. The molecule has 0 nitrogen and oxygen atoms in total. The summed E-state index contributed by atoms with van der Waals surface area (Å²) in [5.41, 5.74) is 3.97. The molecule has 0 aromatic heterocycles. The first-order chi connectivity index (χ1) is 6.40. The van der Waals surface area contributed by atoms with Gasteiger partial charge in [0.1, 0.15) is 0 Å². The topological polar surface area (TPSA) is 0 Å². The molecule has 0 spiro atoms. The van der Waals surface area contributed by atoms with Crippen molar-refractivity contribution >= 4 is 15.9 Å². The summed E-state index contributed by atoms with van der Waals surface area (Å²) in [6.07, 6.45) is 3.46. The van der Waals surface area contributed by atoms with Gasteiger partial charge < -0.3 is 0 Å². The highest BCUT2D eigenvalue weighted by Gasteiger charge is 2.02. The van der Waals surface area contributed by atoms with Gasteiger partial charge in [0.15, 0.2) is 0 Å². The molecule has 0 amide bonds. The van der Waals surface area contributed by atoms with Crippen molar-refractivity contribution in [3.63, 3.8) is 0 Å². The Hall–Kier alpha value is -0.300. The summed E-state index contributed by atoms with van der Waals surface area (Å²) in [5, 5.41) is 0. The van der Waals surface area contributed by atoms with Gasteiger partial charge in [0.2, 0.25) is 0 Å². The van der Waals surface area contributed by atoms with E-state index in [2.05, 4.69) is 63.2 Å². The second-order valence-electron chi connectivity index (χ2n) is 3.91. The van der Waals surface area contributed by atoms with Gasteiger partial charge in [0, 0.05) is 4.48 Å². The first-order valence-electron chi connectivity index (χ1n) is 5.10. The van der Waals surface area contributed by atoms with Crippen LogP contribution in [-0.2, 0) is 0 Å². The van der Waals surface area contributed by atoms with Crippen molar-refractivity contribution < 1.29 is 0 Å². The molecule has 0 radical (unpaired) electrons.